The van der Waals surface area contributed by atoms with Gasteiger partial charge in [-0.05, 0) is 58.1 Å². The molecule has 0 radical (unpaired) electrons. The van der Waals surface area contributed by atoms with Gasteiger partial charge in [-0.1, -0.05) is 80.9 Å². The van der Waals surface area contributed by atoms with Crippen LogP contribution in [0.1, 0.15) is 26.3 Å². The molecular weight excluding hydrogens is 798 g/mol. The van der Waals surface area contributed by atoms with Crippen LogP contribution in [-0.2, 0) is 26.5 Å². The number of pyridine rings is 2. The Bertz CT molecular complexity index is 2530. The van der Waals surface area contributed by atoms with E-state index in [0.717, 1.165) is 61.3 Å². The van der Waals surface area contributed by atoms with Gasteiger partial charge in [-0.25, -0.2) is 9.97 Å². The van der Waals surface area contributed by atoms with Crippen LogP contribution >= 0.6 is 0 Å². The summed E-state index contributed by atoms with van der Waals surface area (Å²) in [6, 6.07) is 48.5. The number of ether oxygens (including phenoxy) is 1. The van der Waals surface area contributed by atoms with Crippen LogP contribution < -0.4 is 14.5 Å². The van der Waals surface area contributed by atoms with Gasteiger partial charge in [0.2, 0.25) is 0 Å². The molecule has 0 fully saturated rings. The summed E-state index contributed by atoms with van der Waals surface area (Å²) in [5, 5.41) is 4.49. The van der Waals surface area contributed by atoms with Crippen molar-refractivity contribution in [1.82, 2.24) is 14.5 Å². The third-order valence-corrected chi connectivity index (χ3v) is 9.12. The van der Waals surface area contributed by atoms with Crippen LogP contribution in [-0.4, -0.2) is 14.5 Å². The van der Waals surface area contributed by atoms with E-state index in [4.69, 9.17) is 14.7 Å². The van der Waals surface area contributed by atoms with Gasteiger partial charge in [-0.15, -0.1) is 48.1 Å². The molecule has 5 aromatic carbocycles. The van der Waals surface area contributed by atoms with Crippen LogP contribution in [0.3, 0.4) is 0 Å². The van der Waals surface area contributed by atoms with Gasteiger partial charge in [0.15, 0.2) is 0 Å². The number of para-hydroxylation sites is 3. The predicted molar refractivity (Wildman–Crippen MR) is 198 cm³/mol. The van der Waals surface area contributed by atoms with Crippen LogP contribution in [0.5, 0.6) is 11.5 Å². The van der Waals surface area contributed by atoms with Crippen LogP contribution in [0.15, 0.2) is 134 Å². The monoisotopic (exact) mass is 829 g/mol. The summed E-state index contributed by atoms with van der Waals surface area (Å²) in [5.41, 5.74) is 6.13. The van der Waals surface area contributed by atoms with E-state index in [1.54, 1.807) is 0 Å². The van der Waals surface area contributed by atoms with E-state index < -0.39 is 0 Å². The first-order valence-electron chi connectivity index (χ1n) is 16.4. The molecule has 3 aromatic heterocycles. The zero-order valence-corrected chi connectivity index (χ0v) is 30.0. The molecular formula is C43H32N5OPt-3. The topological polar surface area (TPSA) is 46.4 Å². The van der Waals surface area contributed by atoms with E-state index in [1.807, 2.05) is 54.9 Å². The SMILES string of the molecule is CC(C)(C)c1ccnc(-n2c3[c-]c(Oc4[c-]c(N5[CH-]N(c6cc7ccccc7cn6)c6ccccc65)ccc4)ccc3c3ccccc32)c1.[Pt]. The average molecular weight is 830 g/mol. The molecule has 0 bridgehead atoms. The minimum Gasteiger partial charge on any atom is -0.509 e. The molecule has 0 saturated heterocycles. The third kappa shape index (κ3) is 5.50. The van der Waals surface area contributed by atoms with Crippen molar-refractivity contribution < 1.29 is 25.8 Å². The molecule has 248 valence electrons. The molecule has 0 unspecified atom stereocenters. The normalized spacial score (nSPS) is 12.8. The van der Waals surface area contributed by atoms with Crippen molar-refractivity contribution in [3.8, 4) is 17.3 Å². The average Bonchev–Trinajstić information content (AvgIpc) is 3.67. The van der Waals surface area contributed by atoms with Gasteiger partial charge in [-0.3, -0.25) is 0 Å². The first kappa shape index (κ1) is 31.8. The second kappa shape index (κ2) is 12.5. The maximum Gasteiger partial charge on any atom is 0.135 e. The molecule has 1 aliphatic rings. The Kier molecular flexibility index (Phi) is 7.92. The van der Waals surface area contributed by atoms with E-state index in [9.17, 15) is 0 Å². The molecule has 0 N–H and O–H groups in total. The first-order valence-corrected chi connectivity index (χ1v) is 16.4. The van der Waals surface area contributed by atoms with Gasteiger partial charge in [-0.2, -0.15) is 12.1 Å². The van der Waals surface area contributed by atoms with Crippen LogP contribution in [0.4, 0.5) is 22.9 Å². The van der Waals surface area contributed by atoms with E-state index in [0.29, 0.717) is 11.5 Å². The number of nitrogens with zero attached hydrogens (tertiary/aromatic N) is 5. The van der Waals surface area contributed by atoms with Crippen LogP contribution in [0.25, 0.3) is 38.4 Å². The largest absolute Gasteiger partial charge is 0.509 e. The summed E-state index contributed by atoms with van der Waals surface area (Å²) in [4.78, 5) is 13.8. The molecule has 0 atom stereocenters. The molecule has 0 saturated carbocycles. The van der Waals surface area contributed by atoms with E-state index in [2.05, 4.69) is 133 Å². The summed E-state index contributed by atoms with van der Waals surface area (Å²) in [7, 11) is 0. The quantitative estimate of drug-likeness (QED) is 0.162. The summed E-state index contributed by atoms with van der Waals surface area (Å²) >= 11 is 0. The third-order valence-electron chi connectivity index (χ3n) is 9.12. The zero-order chi connectivity index (χ0) is 33.1. The number of aromatic nitrogens is 3. The molecule has 8 aromatic rings. The number of fused-ring (bicyclic) bond motifs is 5. The summed E-state index contributed by atoms with van der Waals surface area (Å²) in [6.45, 7) is 8.72. The predicted octanol–water partition coefficient (Wildman–Crippen LogP) is 10.8. The molecule has 9 rings (SSSR count). The maximum atomic E-state index is 6.49. The molecule has 0 amide bonds. The van der Waals surface area contributed by atoms with E-state index in [1.165, 1.54) is 5.56 Å². The number of hydrogen-bond donors (Lipinski definition) is 0. The van der Waals surface area contributed by atoms with Gasteiger partial charge in [0.25, 0.3) is 0 Å². The zero-order valence-electron chi connectivity index (χ0n) is 27.7. The van der Waals surface area contributed by atoms with Crippen molar-refractivity contribution in [1.29, 1.82) is 0 Å². The van der Waals surface area contributed by atoms with Gasteiger partial charge >= 0.3 is 0 Å². The van der Waals surface area contributed by atoms with Gasteiger partial charge < -0.3 is 19.1 Å². The smallest absolute Gasteiger partial charge is 0.135 e. The first-order chi connectivity index (χ1) is 23.9. The molecule has 4 heterocycles. The Labute approximate surface area is 305 Å². The van der Waals surface area contributed by atoms with Crippen molar-refractivity contribution in [3.63, 3.8) is 0 Å². The molecule has 0 spiro atoms. The van der Waals surface area contributed by atoms with E-state index in [-0.39, 0.29) is 26.5 Å². The Hall–Kier alpha value is -5.45. The van der Waals surface area contributed by atoms with Gasteiger partial charge in [0.1, 0.15) is 11.6 Å². The second-order valence-electron chi connectivity index (χ2n) is 13.3. The second-order valence-corrected chi connectivity index (χ2v) is 13.3. The van der Waals surface area contributed by atoms with Crippen molar-refractivity contribution in [2.24, 2.45) is 0 Å². The number of benzene rings is 5. The summed E-state index contributed by atoms with van der Waals surface area (Å²) in [6.07, 6.45) is 3.82. The number of rotatable bonds is 5. The molecule has 50 heavy (non-hydrogen) atoms. The Morgan fingerprint density at radius 3 is 2.22 bits per heavy atom. The van der Waals surface area contributed by atoms with Gasteiger partial charge in [0, 0.05) is 67.2 Å². The molecule has 6 nitrogen and oxygen atoms in total. The fourth-order valence-corrected chi connectivity index (χ4v) is 6.62. The fraction of sp³-hybridized carbons (Fsp3) is 0.0930. The summed E-state index contributed by atoms with van der Waals surface area (Å²) < 4.78 is 8.67. The summed E-state index contributed by atoms with van der Waals surface area (Å²) in [5.74, 6) is 2.90. The van der Waals surface area contributed by atoms with Crippen LogP contribution in [0.2, 0.25) is 0 Å². The Morgan fingerprint density at radius 1 is 0.640 bits per heavy atom. The Morgan fingerprint density at radius 2 is 1.38 bits per heavy atom. The van der Waals surface area contributed by atoms with Crippen molar-refractivity contribution in [2.75, 3.05) is 9.80 Å². The van der Waals surface area contributed by atoms with E-state index >= 15 is 0 Å². The molecule has 0 aliphatic carbocycles. The van der Waals surface area contributed by atoms with Crippen LogP contribution in [0, 0.1) is 18.8 Å². The standard InChI is InChI=1S/C43H32N5O.Pt/c1-43(2,3)31-21-22-44-42(24-31)48-37-16-7-6-15-35(37)36-20-19-34(26-40(36)48)49-33-14-10-13-32(25-33)46-28-47(39-18-9-8-17-38(39)46)41-23-29-11-4-5-12-30(29)27-45-41;/h4-24,27-28H,1-3H3;/q-3;. The fourth-order valence-electron chi connectivity index (χ4n) is 6.62. The van der Waals surface area contributed by atoms with Gasteiger partial charge in [0.05, 0.1) is 0 Å². The minimum atomic E-state index is -0.00834. The molecule has 1 aliphatic heterocycles. The number of anilines is 4. The van der Waals surface area contributed by atoms with Crippen molar-refractivity contribution >= 4 is 55.5 Å². The Balaban J connectivity index is 0.00000361. The van der Waals surface area contributed by atoms with Crippen molar-refractivity contribution in [2.45, 2.75) is 26.2 Å². The maximum absolute atomic E-state index is 6.49. The van der Waals surface area contributed by atoms with Crippen molar-refractivity contribution in [3.05, 3.63) is 158 Å². The molecule has 7 heteroatoms. The number of hydrogen-bond acceptors (Lipinski definition) is 5. The minimum absolute atomic E-state index is 0.